The van der Waals surface area contributed by atoms with E-state index in [-0.39, 0.29) is 11.6 Å². The average molecular weight is 337 g/mol. The molecule has 0 atom stereocenters. The Bertz CT molecular complexity index is 652. The summed E-state index contributed by atoms with van der Waals surface area (Å²) in [6, 6.07) is 7.38. The van der Waals surface area contributed by atoms with Crippen LogP contribution in [0.5, 0.6) is 5.75 Å². The van der Waals surface area contributed by atoms with Gasteiger partial charge in [0.15, 0.2) is 5.69 Å². The number of carbonyl (C=O) groups excluding carboxylic acids is 1. The summed E-state index contributed by atoms with van der Waals surface area (Å²) < 4.78 is 7.34. The van der Waals surface area contributed by atoms with Gasteiger partial charge in [-0.1, -0.05) is 12.1 Å². The van der Waals surface area contributed by atoms with Gasteiger partial charge in [-0.25, -0.2) is 5.43 Å². The quantitative estimate of drug-likeness (QED) is 0.685. The molecule has 6 nitrogen and oxygen atoms in total. The lowest BCUT2D eigenvalue weighted by Gasteiger charge is -2.02. The van der Waals surface area contributed by atoms with Crippen LogP contribution in [0.2, 0.25) is 0 Å². The van der Waals surface area contributed by atoms with Gasteiger partial charge in [-0.3, -0.25) is 9.48 Å². The van der Waals surface area contributed by atoms with Gasteiger partial charge in [-0.2, -0.15) is 10.2 Å². The Kier molecular flexibility index (Phi) is 4.52. The molecule has 1 aromatic heterocycles. The van der Waals surface area contributed by atoms with Crippen LogP contribution in [-0.4, -0.2) is 29.0 Å². The Morgan fingerprint density at radius 1 is 1.50 bits per heavy atom. The standard InChI is InChI=1S/C13H13BrN4O2/c1-18-8-10(14)12(17-18)13(19)16-15-7-9-5-3-4-6-11(9)20-2/h3-8H,1-2H3,(H,16,19)/b15-7+. The third-order valence-electron chi connectivity index (χ3n) is 2.51. The maximum atomic E-state index is 11.9. The van der Waals surface area contributed by atoms with E-state index in [1.165, 1.54) is 6.21 Å². The molecule has 0 spiro atoms. The van der Waals surface area contributed by atoms with E-state index >= 15 is 0 Å². The molecule has 1 N–H and O–H groups in total. The molecule has 7 heteroatoms. The number of hydrazone groups is 1. The minimum Gasteiger partial charge on any atom is -0.496 e. The second-order valence-electron chi connectivity index (χ2n) is 3.94. The first-order valence-corrected chi connectivity index (χ1v) is 6.56. The summed E-state index contributed by atoms with van der Waals surface area (Å²) in [5.41, 5.74) is 3.48. The Balaban J connectivity index is 2.06. The molecular formula is C13H13BrN4O2. The zero-order valence-electron chi connectivity index (χ0n) is 11.0. The van der Waals surface area contributed by atoms with Crippen LogP contribution in [-0.2, 0) is 7.05 Å². The third kappa shape index (κ3) is 3.24. The number of ether oxygens (including phenoxy) is 1. The van der Waals surface area contributed by atoms with Gasteiger partial charge in [0.25, 0.3) is 5.91 Å². The van der Waals surface area contributed by atoms with Crippen LogP contribution in [0.15, 0.2) is 40.0 Å². The topological polar surface area (TPSA) is 68.5 Å². The number of nitrogens with zero attached hydrogens (tertiary/aromatic N) is 3. The van der Waals surface area contributed by atoms with Gasteiger partial charge in [-0.15, -0.1) is 0 Å². The van der Waals surface area contributed by atoms with Crippen molar-refractivity contribution in [2.75, 3.05) is 7.11 Å². The summed E-state index contributed by atoms with van der Waals surface area (Å²) in [4.78, 5) is 11.9. The van der Waals surface area contributed by atoms with Crippen molar-refractivity contribution in [2.45, 2.75) is 0 Å². The molecule has 0 unspecified atom stereocenters. The second-order valence-corrected chi connectivity index (χ2v) is 4.79. The lowest BCUT2D eigenvalue weighted by Crippen LogP contribution is -2.19. The number of hydrogen-bond donors (Lipinski definition) is 1. The van der Waals surface area contributed by atoms with Crippen molar-refractivity contribution in [1.82, 2.24) is 15.2 Å². The highest BCUT2D eigenvalue weighted by molar-refractivity contribution is 9.10. The van der Waals surface area contributed by atoms with Crippen molar-refractivity contribution in [2.24, 2.45) is 12.1 Å². The molecule has 0 fully saturated rings. The largest absolute Gasteiger partial charge is 0.496 e. The molecular weight excluding hydrogens is 324 g/mol. The number of nitrogens with one attached hydrogen (secondary N) is 1. The van der Waals surface area contributed by atoms with Gasteiger partial charge in [-0.05, 0) is 28.1 Å². The molecule has 1 heterocycles. The van der Waals surface area contributed by atoms with Crippen molar-refractivity contribution in [3.05, 3.63) is 46.2 Å². The van der Waals surface area contributed by atoms with E-state index in [0.29, 0.717) is 10.2 Å². The first kappa shape index (κ1) is 14.3. The Labute approximate surface area is 124 Å². The number of hydrogen-bond acceptors (Lipinski definition) is 4. The smallest absolute Gasteiger partial charge is 0.293 e. The highest BCUT2D eigenvalue weighted by Gasteiger charge is 2.13. The van der Waals surface area contributed by atoms with Crippen molar-refractivity contribution in [3.8, 4) is 5.75 Å². The fourth-order valence-electron chi connectivity index (χ4n) is 1.60. The molecule has 0 bridgehead atoms. The minimum absolute atomic E-state index is 0.282. The van der Waals surface area contributed by atoms with Gasteiger partial charge in [0.1, 0.15) is 5.75 Å². The number of rotatable bonds is 4. The zero-order valence-corrected chi connectivity index (χ0v) is 12.6. The molecule has 0 radical (unpaired) electrons. The fourth-order valence-corrected chi connectivity index (χ4v) is 2.16. The predicted octanol–water partition coefficient (Wildman–Crippen LogP) is 1.96. The SMILES string of the molecule is COc1ccccc1/C=N/NC(=O)c1nn(C)cc1Br. The number of aryl methyl sites for hydroxylation is 1. The molecule has 104 valence electrons. The molecule has 20 heavy (non-hydrogen) atoms. The number of aromatic nitrogens is 2. The van der Waals surface area contributed by atoms with Crippen LogP contribution in [0, 0.1) is 0 Å². The van der Waals surface area contributed by atoms with Crippen LogP contribution >= 0.6 is 15.9 Å². The number of methoxy groups -OCH3 is 1. The van der Waals surface area contributed by atoms with Crippen LogP contribution in [0.4, 0.5) is 0 Å². The zero-order chi connectivity index (χ0) is 14.5. The van der Waals surface area contributed by atoms with Crippen LogP contribution in [0.25, 0.3) is 0 Å². The van der Waals surface area contributed by atoms with Crippen molar-refractivity contribution in [3.63, 3.8) is 0 Å². The molecule has 0 aliphatic carbocycles. The highest BCUT2D eigenvalue weighted by atomic mass is 79.9. The molecule has 2 rings (SSSR count). The summed E-state index contributed by atoms with van der Waals surface area (Å²) in [5, 5.41) is 7.93. The van der Waals surface area contributed by atoms with E-state index in [1.54, 1.807) is 25.0 Å². The van der Waals surface area contributed by atoms with Crippen molar-refractivity contribution in [1.29, 1.82) is 0 Å². The average Bonchev–Trinajstić information content (AvgIpc) is 2.78. The summed E-state index contributed by atoms with van der Waals surface area (Å²) in [6.07, 6.45) is 3.21. The van der Waals surface area contributed by atoms with Gasteiger partial charge >= 0.3 is 0 Å². The van der Waals surface area contributed by atoms with Crippen LogP contribution < -0.4 is 10.2 Å². The first-order chi connectivity index (χ1) is 9.61. The normalized spacial score (nSPS) is 10.8. The maximum absolute atomic E-state index is 11.9. The van der Waals surface area contributed by atoms with E-state index in [9.17, 15) is 4.79 Å². The minimum atomic E-state index is -0.386. The van der Waals surface area contributed by atoms with Gasteiger partial charge < -0.3 is 4.74 Å². The highest BCUT2D eigenvalue weighted by Crippen LogP contribution is 2.15. The Morgan fingerprint density at radius 2 is 2.25 bits per heavy atom. The molecule has 0 aliphatic rings. The Morgan fingerprint density at radius 3 is 2.90 bits per heavy atom. The maximum Gasteiger partial charge on any atom is 0.293 e. The molecule has 1 aromatic carbocycles. The van der Waals surface area contributed by atoms with E-state index < -0.39 is 0 Å². The number of carbonyl (C=O) groups is 1. The van der Waals surface area contributed by atoms with E-state index in [1.807, 2.05) is 24.3 Å². The van der Waals surface area contributed by atoms with Gasteiger partial charge in [0, 0.05) is 18.8 Å². The van der Waals surface area contributed by atoms with Gasteiger partial charge in [0.05, 0.1) is 17.8 Å². The van der Waals surface area contributed by atoms with Crippen molar-refractivity contribution >= 4 is 28.1 Å². The van der Waals surface area contributed by atoms with E-state index in [2.05, 4.69) is 31.6 Å². The lowest BCUT2D eigenvalue weighted by molar-refractivity contribution is 0.0948. The molecule has 0 aliphatic heterocycles. The van der Waals surface area contributed by atoms with Gasteiger partial charge in [0.2, 0.25) is 0 Å². The summed E-state index contributed by atoms with van der Waals surface area (Å²) >= 11 is 3.26. The first-order valence-electron chi connectivity index (χ1n) is 5.77. The second kappa shape index (κ2) is 6.33. The van der Waals surface area contributed by atoms with Crippen molar-refractivity contribution < 1.29 is 9.53 Å². The summed E-state index contributed by atoms with van der Waals surface area (Å²) in [5.74, 6) is 0.299. The number of para-hydroxylation sites is 1. The number of amides is 1. The summed E-state index contributed by atoms with van der Waals surface area (Å²) in [7, 11) is 3.32. The van der Waals surface area contributed by atoms with E-state index in [4.69, 9.17) is 4.74 Å². The fraction of sp³-hybridized carbons (Fsp3) is 0.154. The van der Waals surface area contributed by atoms with E-state index in [0.717, 1.165) is 5.56 Å². The monoisotopic (exact) mass is 336 g/mol. The van der Waals surface area contributed by atoms with Crippen LogP contribution in [0.3, 0.4) is 0 Å². The number of halogens is 1. The molecule has 1 amide bonds. The van der Waals surface area contributed by atoms with Crippen LogP contribution in [0.1, 0.15) is 16.1 Å². The molecule has 0 saturated heterocycles. The third-order valence-corrected chi connectivity index (χ3v) is 3.09. The summed E-state index contributed by atoms with van der Waals surface area (Å²) in [6.45, 7) is 0. The Hall–Kier alpha value is -2.15. The lowest BCUT2D eigenvalue weighted by atomic mass is 10.2. The number of benzene rings is 1. The molecule has 2 aromatic rings. The predicted molar refractivity (Wildman–Crippen MR) is 79.0 cm³/mol. The molecule has 0 saturated carbocycles.